The zero-order valence-corrected chi connectivity index (χ0v) is 15.6. The maximum absolute atomic E-state index is 11.9. The number of likely N-dealkylation sites (tertiary alicyclic amines) is 1. The molecule has 2 atom stereocenters. The molecule has 0 spiro atoms. The lowest BCUT2D eigenvalue weighted by Crippen LogP contribution is -2.46. The Kier molecular flexibility index (Phi) is 4.74. The van der Waals surface area contributed by atoms with Crippen molar-refractivity contribution in [1.29, 1.82) is 0 Å². The zero-order valence-electron chi connectivity index (χ0n) is 14.8. The van der Waals surface area contributed by atoms with Crippen LogP contribution >= 0.6 is 11.3 Å². The van der Waals surface area contributed by atoms with Crippen LogP contribution < -0.4 is 0 Å². The molecule has 134 valence electrons. The first-order valence-corrected chi connectivity index (χ1v) is 9.86. The number of hydrogen-bond acceptors (Lipinski definition) is 4. The molecule has 5 heteroatoms. The lowest BCUT2D eigenvalue weighted by molar-refractivity contribution is -0.145. The van der Waals surface area contributed by atoms with Gasteiger partial charge in [0, 0.05) is 21.8 Å². The SMILES string of the molecule is Cc1cccc(C(c2cc3ccccc3s2)N2CCCCC2C(=O)O)n1. The molecular formula is C21H22N2O2S. The quantitative estimate of drug-likeness (QED) is 0.731. The number of fused-ring (bicyclic) bond motifs is 1. The summed E-state index contributed by atoms with van der Waals surface area (Å²) in [5, 5.41) is 11.0. The molecule has 1 fully saturated rings. The molecule has 26 heavy (non-hydrogen) atoms. The normalized spacial score (nSPS) is 19.5. The Morgan fingerprint density at radius 2 is 2.08 bits per heavy atom. The lowest BCUT2D eigenvalue weighted by Gasteiger charge is -2.38. The van der Waals surface area contributed by atoms with Crippen LogP contribution in [0.25, 0.3) is 10.1 Å². The molecule has 4 rings (SSSR count). The average molecular weight is 366 g/mol. The van der Waals surface area contributed by atoms with Crippen LogP contribution in [0.1, 0.15) is 41.6 Å². The molecule has 0 radical (unpaired) electrons. The molecule has 1 aliphatic heterocycles. The number of piperidine rings is 1. The maximum atomic E-state index is 11.9. The highest BCUT2D eigenvalue weighted by molar-refractivity contribution is 7.19. The minimum absolute atomic E-state index is 0.117. The maximum Gasteiger partial charge on any atom is 0.320 e. The average Bonchev–Trinajstić information content (AvgIpc) is 3.06. The van der Waals surface area contributed by atoms with E-state index in [1.54, 1.807) is 11.3 Å². The van der Waals surface area contributed by atoms with Crippen molar-refractivity contribution in [2.45, 2.75) is 38.3 Å². The summed E-state index contributed by atoms with van der Waals surface area (Å²) in [5.74, 6) is -0.733. The molecule has 3 heterocycles. The van der Waals surface area contributed by atoms with E-state index in [2.05, 4.69) is 23.1 Å². The van der Waals surface area contributed by atoms with Gasteiger partial charge in [0.05, 0.1) is 11.7 Å². The van der Waals surface area contributed by atoms with E-state index in [4.69, 9.17) is 4.98 Å². The number of carboxylic acids is 1. The number of aromatic nitrogens is 1. The number of hydrogen-bond donors (Lipinski definition) is 1. The largest absolute Gasteiger partial charge is 0.480 e. The van der Waals surface area contributed by atoms with Gasteiger partial charge in [-0.2, -0.15) is 0 Å². The van der Waals surface area contributed by atoms with E-state index in [1.165, 1.54) is 10.1 Å². The van der Waals surface area contributed by atoms with Crippen molar-refractivity contribution in [3.63, 3.8) is 0 Å². The van der Waals surface area contributed by atoms with Crippen molar-refractivity contribution >= 4 is 27.4 Å². The highest BCUT2D eigenvalue weighted by Crippen LogP contribution is 2.39. The number of aryl methyl sites for hydroxylation is 1. The first-order chi connectivity index (χ1) is 12.6. The monoisotopic (exact) mass is 366 g/mol. The number of carboxylic acid groups (broad SMARTS) is 1. The van der Waals surface area contributed by atoms with E-state index in [9.17, 15) is 9.90 Å². The Morgan fingerprint density at radius 1 is 1.23 bits per heavy atom. The fourth-order valence-corrected chi connectivity index (χ4v) is 5.06. The summed E-state index contributed by atoms with van der Waals surface area (Å²) in [6, 6.07) is 16.0. The number of aliphatic carboxylic acids is 1. The van der Waals surface area contributed by atoms with Gasteiger partial charge in [-0.05, 0) is 49.4 Å². The molecule has 0 saturated carbocycles. The molecule has 0 bridgehead atoms. The Hall–Kier alpha value is -2.24. The highest BCUT2D eigenvalue weighted by atomic mass is 32.1. The van der Waals surface area contributed by atoms with Crippen LogP contribution in [0.5, 0.6) is 0 Å². The van der Waals surface area contributed by atoms with E-state index < -0.39 is 12.0 Å². The lowest BCUT2D eigenvalue weighted by atomic mass is 9.97. The van der Waals surface area contributed by atoms with Crippen LogP contribution in [-0.2, 0) is 4.79 Å². The summed E-state index contributed by atoms with van der Waals surface area (Å²) >= 11 is 1.74. The number of benzene rings is 1. The Morgan fingerprint density at radius 3 is 2.85 bits per heavy atom. The molecule has 1 aliphatic rings. The summed E-state index contributed by atoms with van der Waals surface area (Å²) in [6.07, 6.45) is 2.69. The van der Waals surface area contributed by atoms with Gasteiger partial charge in [0.2, 0.25) is 0 Å². The number of nitrogens with zero attached hydrogens (tertiary/aromatic N) is 2. The molecule has 2 unspecified atom stereocenters. The molecule has 4 nitrogen and oxygen atoms in total. The van der Waals surface area contributed by atoms with Crippen molar-refractivity contribution in [3.05, 3.63) is 64.8 Å². The van der Waals surface area contributed by atoms with Gasteiger partial charge >= 0.3 is 5.97 Å². The van der Waals surface area contributed by atoms with Gasteiger partial charge < -0.3 is 5.11 Å². The molecule has 1 saturated heterocycles. The number of carbonyl (C=O) groups is 1. The van der Waals surface area contributed by atoms with Gasteiger partial charge in [-0.1, -0.05) is 30.7 Å². The summed E-state index contributed by atoms with van der Waals surface area (Å²) in [4.78, 5) is 20.0. The summed E-state index contributed by atoms with van der Waals surface area (Å²) in [7, 11) is 0. The zero-order chi connectivity index (χ0) is 18.1. The van der Waals surface area contributed by atoms with Gasteiger partial charge in [0.25, 0.3) is 0 Å². The first-order valence-electron chi connectivity index (χ1n) is 9.04. The van der Waals surface area contributed by atoms with E-state index in [0.29, 0.717) is 6.42 Å². The Labute approximate surface area is 157 Å². The second-order valence-electron chi connectivity index (χ2n) is 6.88. The number of pyridine rings is 1. The third-order valence-electron chi connectivity index (χ3n) is 5.07. The highest BCUT2D eigenvalue weighted by Gasteiger charge is 2.36. The molecule has 2 aromatic heterocycles. The molecule has 0 amide bonds. The van der Waals surface area contributed by atoms with Crippen LogP contribution in [0.3, 0.4) is 0 Å². The minimum atomic E-state index is -0.733. The fourth-order valence-electron chi connectivity index (χ4n) is 3.86. The van der Waals surface area contributed by atoms with Gasteiger partial charge in [0.1, 0.15) is 6.04 Å². The van der Waals surface area contributed by atoms with E-state index in [1.807, 2.05) is 37.3 Å². The standard InChI is InChI=1S/C21H22N2O2S/c1-14-7-6-9-16(22-14)20(23-12-5-4-10-17(23)21(24)25)19-13-15-8-2-3-11-18(15)26-19/h2-3,6-9,11,13,17,20H,4-5,10,12H2,1H3,(H,24,25). The first kappa shape index (κ1) is 17.2. The molecule has 1 aromatic carbocycles. The van der Waals surface area contributed by atoms with E-state index in [0.717, 1.165) is 35.7 Å². The van der Waals surface area contributed by atoms with Crippen molar-refractivity contribution in [1.82, 2.24) is 9.88 Å². The van der Waals surface area contributed by atoms with Crippen LogP contribution in [0.15, 0.2) is 48.5 Å². The van der Waals surface area contributed by atoms with Gasteiger partial charge in [0.15, 0.2) is 0 Å². The van der Waals surface area contributed by atoms with E-state index >= 15 is 0 Å². The van der Waals surface area contributed by atoms with Crippen molar-refractivity contribution in [3.8, 4) is 0 Å². The number of thiophene rings is 1. The van der Waals surface area contributed by atoms with Gasteiger partial charge in [-0.3, -0.25) is 14.7 Å². The number of rotatable bonds is 4. The molecule has 0 aliphatic carbocycles. The van der Waals surface area contributed by atoms with Crippen LogP contribution in [0.2, 0.25) is 0 Å². The summed E-state index contributed by atoms with van der Waals surface area (Å²) < 4.78 is 1.23. The predicted molar refractivity (Wildman–Crippen MR) is 105 cm³/mol. The van der Waals surface area contributed by atoms with Crippen molar-refractivity contribution in [2.24, 2.45) is 0 Å². The van der Waals surface area contributed by atoms with Crippen LogP contribution in [-0.4, -0.2) is 33.5 Å². The molecule has 1 N–H and O–H groups in total. The fraction of sp³-hybridized carbons (Fsp3) is 0.333. The predicted octanol–water partition coefficient (Wildman–Crippen LogP) is 4.63. The van der Waals surface area contributed by atoms with Crippen molar-refractivity contribution in [2.75, 3.05) is 6.54 Å². The van der Waals surface area contributed by atoms with Gasteiger partial charge in [-0.25, -0.2) is 0 Å². The van der Waals surface area contributed by atoms with Gasteiger partial charge in [-0.15, -0.1) is 11.3 Å². The second kappa shape index (κ2) is 7.17. The third kappa shape index (κ3) is 3.24. The molecular weight excluding hydrogens is 344 g/mol. The summed E-state index contributed by atoms with van der Waals surface area (Å²) in [5.41, 5.74) is 1.89. The Balaban J connectivity index is 1.84. The third-order valence-corrected chi connectivity index (χ3v) is 6.23. The van der Waals surface area contributed by atoms with E-state index in [-0.39, 0.29) is 6.04 Å². The summed E-state index contributed by atoms with van der Waals surface area (Å²) in [6.45, 7) is 2.77. The molecule has 3 aromatic rings. The van der Waals surface area contributed by atoms with Crippen molar-refractivity contribution < 1.29 is 9.90 Å². The minimum Gasteiger partial charge on any atom is -0.480 e. The second-order valence-corrected chi connectivity index (χ2v) is 8.00. The Bertz CT molecular complexity index is 903. The van der Waals surface area contributed by atoms with Crippen LogP contribution in [0, 0.1) is 6.92 Å². The topological polar surface area (TPSA) is 53.4 Å². The smallest absolute Gasteiger partial charge is 0.320 e. The van der Waals surface area contributed by atoms with Crippen LogP contribution in [0.4, 0.5) is 0 Å².